The number of nitrogens with one attached hydrogen (secondary N) is 2. The highest BCUT2D eigenvalue weighted by atomic mass is 35.5. The summed E-state index contributed by atoms with van der Waals surface area (Å²) >= 11 is 1.27. The van der Waals surface area contributed by atoms with Gasteiger partial charge in [-0.1, -0.05) is 23.8 Å². The van der Waals surface area contributed by atoms with Gasteiger partial charge in [0.25, 0.3) is 5.91 Å². The van der Waals surface area contributed by atoms with E-state index >= 15 is 0 Å². The van der Waals surface area contributed by atoms with E-state index in [4.69, 9.17) is 0 Å². The number of aryl methyl sites for hydroxylation is 1. The quantitative estimate of drug-likeness (QED) is 0.767. The first-order chi connectivity index (χ1) is 11.6. The van der Waals surface area contributed by atoms with Crippen LogP contribution in [0.5, 0.6) is 0 Å². The number of rotatable bonds is 5. The number of carbonyl (C=O) groups excluding carboxylic acids is 1. The molecule has 2 fully saturated rings. The topological polar surface area (TPSA) is 66.9 Å². The molecule has 0 saturated heterocycles. The van der Waals surface area contributed by atoms with E-state index < -0.39 is 11.7 Å². The Balaban J connectivity index is 0.00000121. The van der Waals surface area contributed by atoms with Crippen molar-refractivity contribution in [3.05, 3.63) is 40.2 Å². The summed E-state index contributed by atoms with van der Waals surface area (Å²) < 4.78 is 14.1. The highest BCUT2D eigenvalue weighted by Crippen LogP contribution is 2.42. The molecule has 2 N–H and O–H groups in total. The molecule has 0 bridgehead atoms. The number of aromatic nitrogens is 2. The molecular formula is C17H21Cl2FN4OS. The Bertz CT molecular complexity index is 784. The molecule has 2 aliphatic carbocycles. The van der Waals surface area contributed by atoms with Crippen molar-refractivity contribution in [2.75, 3.05) is 5.32 Å². The summed E-state index contributed by atoms with van der Waals surface area (Å²) in [5, 5.41) is 15.1. The molecule has 4 rings (SSSR count). The van der Waals surface area contributed by atoms with Gasteiger partial charge in [-0.15, -0.1) is 35.0 Å². The van der Waals surface area contributed by atoms with Gasteiger partial charge in [0.1, 0.15) is 10.8 Å². The van der Waals surface area contributed by atoms with Gasteiger partial charge in [0.05, 0.1) is 5.56 Å². The number of amides is 1. The van der Waals surface area contributed by atoms with Crippen LogP contribution < -0.4 is 10.6 Å². The maximum absolute atomic E-state index is 14.1. The maximum Gasteiger partial charge on any atom is 0.260 e. The molecule has 0 aliphatic heterocycles. The highest BCUT2D eigenvalue weighted by Gasteiger charge is 2.40. The third-order valence-electron chi connectivity index (χ3n) is 4.76. The van der Waals surface area contributed by atoms with Gasteiger partial charge in [-0.2, -0.15) is 0 Å². The van der Waals surface area contributed by atoms with E-state index in [0.29, 0.717) is 23.1 Å². The zero-order chi connectivity index (χ0) is 16.7. The van der Waals surface area contributed by atoms with Crippen LogP contribution in [0.15, 0.2) is 18.2 Å². The summed E-state index contributed by atoms with van der Waals surface area (Å²) in [6.45, 7) is 1.80. The van der Waals surface area contributed by atoms with Gasteiger partial charge < -0.3 is 5.32 Å². The number of nitrogens with zero attached hydrogens (tertiary/aromatic N) is 2. The number of benzene rings is 1. The van der Waals surface area contributed by atoms with Crippen molar-refractivity contribution in [2.45, 2.75) is 50.6 Å². The number of hydrogen-bond acceptors (Lipinski definition) is 5. The predicted octanol–water partition coefficient (Wildman–Crippen LogP) is 4.08. The fourth-order valence-corrected chi connectivity index (χ4v) is 3.67. The van der Waals surface area contributed by atoms with Crippen molar-refractivity contribution < 1.29 is 9.18 Å². The first-order valence-electron chi connectivity index (χ1n) is 8.27. The monoisotopic (exact) mass is 418 g/mol. The third kappa shape index (κ3) is 4.52. The standard InChI is InChI=1S/C17H19FN4OS.2ClH/c1-9-21-22-17(24-9)20-16(23)13-7-10(5-6-14(13)18)12-8-15(12)19-11-3-2-4-11;;/h5-7,11-12,15,19H,2-4,8H2,1H3,(H,20,22,23);2*1H/t12-,15+;;/m0../s1. The molecule has 1 amide bonds. The van der Waals surface area contributed by atoms with Crippen molar-refractivity contribution in [1.82, 2.24) is 15.5 Å². The molecule has 1 heterocycles. The van der Waals surface area contributed by atoms with Crippen LogP contribution in [0.1, 0.15) is 52.5 Å². The lowest BCUT2D eigenvalue weighted by Gasteiger charge is -2.26. The van der Waals surface area contributed by atoms with Crippen LogP contribution in [-0.2, 0) is 0 Å². The molecule has 2 aromatic rings. The fraction of sp³-hybridized carbons (Fsp3) is 0.471. The van der Waals surface area contributed by atoms with E-state index in [9.17, 15) is 9.18 Å². The van der Waals surface area contributed by atoms with Crippen molar-refractivity contribution in [2.24, 2.45) is 0 Å². The van der Waals surface area contributed by atoms with Gasteiger partial charge in [-0.05, 0) is 43.9 Å². The minimum Gasteiger partial charge on any atom is -0.311 e. The minimum atomic E-state index is -0.512. The average Bonchev–Trinajstić information content (AvgIpc) is 3.17. The van der Waals surface area contributed by atoms with Crippen LogP contribution in [0, 0.1) is 12.7 Å². The van der Waals surface area contributed by atoms with Crippen LogP contribution in [-0.4, -0.2) is 28.2 Å². The molecule has 0 unspecified atom stereocenters. The first kappa shape index (κ1) is 21.0. The normalized spacial score (nSPS) is 21.2. The second-order valence-electron chi connectivity index (χ2n) is 6.56. The molecule has 26 heavy (non-hydrogen) atoms. The summed E-state index contributed by atoms with van der Waals surface area (Å²) in [4.78, 5) is 12.3. The van der Waals surface area contributed by atoms with Crippen LogP contribution in [0.25, 0.3) is 0 Å². The van der Waals surface area contributed by atoms with E-state index in [2.05, 4.69) is 20.8 Å². The van der Waals surface area contributed by atoms with Crippen LogP contribution >= 0.6 is 36.2 Å². The summed E-state index contributed by atoms with van der Waals surface area (Å²) in [6.07, 6.45) is 4.86. The Labute approximate surface area is 168 Å². The third-order valence-corrected chi connectivity index (χ3v) is 5.51. The summed E-state index contributed by atoms with van der Waals surface area (Å²) in [5.41, 5.74) is 1.08. The Morgan fingerprint density at radius 1 is 1.27 bits per heavy atom. The summed E-state index contributed by atoms with van der Waals surface area (Å²) in [6, 6.07) is 5.94. The summed E-state index contributed by atoms with van der Waals surface area (Å²) in [5.74, 6) is -0.613. The minimum absolute atomic E-state index is 0. The van der Waals surface area contributed by atoms with Crippen molar-refractivity contribution >= 4 is 47.2 Å². The maximum atomic E-state index is 14.1. The Kier molecular flexibility index (Phi) is 6.96. The molecular weight excluding hydrogens is 398 g/mol. The van der Waals surface area contributed by atoms with Crippen LogP contribution in [0.3, 0.4) is 0 Å². The second kappa shape index (κ2) is 8.61. The summed E-state index contributed by atoms with van der Waals surface area (Å²) in [7, 11) is 0. The molecule has 2 aliphatic rings. The van der Waals surface area contributed by atoms with E-state index in [-0.39, 0.29) is 30.4 Å². The molecule has 1 aromatic carbocycles. The molecule has 2 atom stereocenters. The van der Waals surface area contributed by atoms with E-state index in [1.54, 1.807) is 19.1 Å². The van der Waals surface area contributed by atoms with Gasteiger partial charge in [-0.3, -0.25) is 10.1 Å². The highest BCUT2D eigenvalue weighted by molar-refractivity contribution is 7.15. The smallest absolute Gasteiger partial charge is 0.260 e. The van der Waals surface area contributed by atoms with Gasteiger partial charge in [0, 0.05) is 18.0 Å². The molecule has 1 aromatic heterocycles. The lowest BCUT2D eigenvalue weighted by molar-refractivity contribution is 0.102. The van der Waals surface area contributed by atoms with Crippen molar-refractivity contribution in [1.29, 1.82) is 0 Å². The van der Waals surface area contributed by atoms with E-state index in [1.807, 2.05) is 0 Å². The first-order valence-corrected chi connectivity index (χ1v) is 9.09. The van der Waals surface area contributed by atoms with Gasteiger partial charge in [0.2, 0.25) is 5.13 Å². The predicted molar refractivity (Wildman–Crippen MR) is 105 cm³/mol. The molecule has 0 spiro atoms. The largest absolute Gasteiger partial charge is 0.311 e. The van der Waals surface area contributed by atoms with Crippen molar-refractivity contribution in [3.63, 3.8) is 0 Å². The zero-order valence-corrected chi connectivity index (χ0v) is 16.6. The molecule has 0 radical (unpaired) electrons. The number of carbonyl (C=O) groups is 1. The Hall–Kier alpha value is -1.28. The zero-order valence-electron chi connectivity index (χ0n) is 14.2. The lowest BCUT2D eigenvalue weighted by Crippen LogP contribution is -2.37. The van der Waals surface area contributed by atoms with Gasteiger partial charge in [0.15, 0.2) is 0 Å². The molecule has 142 valence electrons. The average molecular weight is 419 g/mol. The Morgan fingerprint density at radius 2 is 2.04 bits per heavy atom. The lowest BCUT2D eigenvalue weighted by atomic mass is 9.93. The SMILES string of the molecule is Cc1nnc(NC(=O)c2cc([C@@H]3C[C@H]3NC3CCC3)ccc2F)s1.Cl.Cl. The van der Waals surface area contributed by atoms with E-state index in [1.165, 1.54) is 36.7 Å². The fourth-order valence-electron chi connectivity index (χ4n) is 3.08. The number of anilines is 1. The number of hydrogen-bond donors (Lipinski definition) is 2. The Morgan fingerprint density at radius 3 is 2.65 bits per heavy atom. The molecule has 5 nitrogen and oxygen atoms in total. The molecule has 2 saturated carbocycles. The second-order valence-corrected chi connectivity index (χ2v) is 7.74. The van der Waals surface area contributed by atoms with E-state index in [0.717, 1.165) is 17.0 Å². The number of halogens is 3. The van der Waals surface area contributed by atoms with Crippen LogP contribution in [0.4, 0.5) is 9.52 Å². The molecule has 9 heteroatoms. The van der Waals surface area contributed by atoms with Crippen LogP contribution in [0.2, 0.25) is 0 Å². The van der Waals surface area contributed by atoms with Gasteiger partial charge in [-0.25, -0.2) is 4.39 Å². The van der Waals surface area contributed by atoms with Gasteiger partial charge >= 0.3 is 0 Å². The van der Waals surface area contributed by atoms with Crippen molar-refractivity contribution in [3.8, 4) is 0 Å².